The predicted molar refractivity (Wildman–Crippen MR) is 175 cm³/mol. The van der Waals surface area contributed by atoms with Gasteiger partial charge in [0.25, 0.3) is 0 Å². The van der Waals surface area contributed by atoms with Gasteiger partial charge in [0.1, 0.15) is 12.1 Å². The number of halogens is 1. The molecule has 4 saturated carbocycles. The number of benzene rings is 2. The summed E-state index contributed by atoms with van der Waals surface area (Å²) in [6.45, 7) is 0.239. The Morgan fingerprint density at radius 2 is 1.68 bits per heavy atom. The Labute approximate surface area is 278 Å². The molecule has 5 aliphatic rings. The molecule has 5 fully saturated rings. The first-order valence-electron chi connectivity index (χ1n) is 16.5. The minimum absolute atomic E-state index is 0.00153. The number of carbonyl (C=O) groups excluding carboxylic acids is 3. The third-order valence-corrected chi connectivity index (χ3v) is 11.6. The van der Waals surface area contributed by atoms with Crippen molar-refractivity contribution in [2.24, 2.45) is 22.7 Å². The maximum atomic E-state index is 14.4. The molecule has 5 unspecified atom stereocenters. The highest BCUT2D eigenvalue weighted by molar-refractivity contribution is 6.31. The van der Waals surface area contributed by atoms with E-state index in [2.05, 4.69) is 10.3 Å². The van der Waals surface area contributed by atoms with Crippen LogP contribution in [-0.2, 0) is 32.1 Å². The van der Waals surface area contributed by atoms with Gasteiger partial charge in [0.05, 0.1) is 16.9 Å². The number of carboxylic acids is 1. The van der Waals surface area contributed by atoms with Gasteiger partial charge in [-0.25, -0.2) is 0 Å². The Hall–Kier alpha value is -3.89. The van der Waals surface area contributed by atoms with Crippen molar-refractivity contribution in [1.82, 2.24) is 20.1 Å². The minimum atomic E-state index is -0.974. The maximum Gasteiger partial charge on any atom is 0.309 e. The number of hydrogen-bond acceptors (Lipinski definition) is 5. The van der Waals surface area contributed by atoms with Crippen LogP contribution in [-0.4, -0.2) is 80.5 Å². The van der Waals surface area contributed by atoms with Crippen molar-refractivity contribution in [2.45, 2.75) is 76.1 Å². The number of carboxylic acid groups (broad SMARTS) is 1. The van der Waals surface area contributed by atoms with Crippen LogP contribution in [0.3, 0.4) is 0 Å². The maximum absolute atomic E-state index is 14.4. The number of H-pyrrole nitrogens is 1. The number of para-hydroxylation sites is 1. The molecule has 11 heteroatoms. The van der Waals surface area contributed by atoms with Crippen LogP contribution in [0.1, 0.15) is 56.1 Å². The van der Waals surface area contributed by atoms with E-state index in [0.29, 0.717) is 30.7 Å². The number of hydrogen-bond donors (Lipinski definition) is 4. The molecular weight excluding hydrogens is 620 g/mol. The van der Waals surface area contributed by atoms with Crippen LogP contribution in [0.25, 0.3) is 10.9 Å². The number of nitrogens with one attached hydrogen (secondary N) is 2. The van der Waals surface area contributed by atoms with E-state index in [1.807, 2.05) is 48.7 Å². The topological polar surface area (TPSA) is 143 Å². The largest absolute Gasteiger partial charge is 0.481 e. The first-order chi connectivity index (χ1) is 22.5. The van der Waals surface area contributed by atoms with Crippen LogP contribution in [0, 0.1) is 22.7 Å². The summed E-state index contributed by atoms with van der Waals surface area (Å²) < 4.78 is 0. The number of carbonyl (C=O) groups is 4. The average molecular weight is 661 g/mol. The highest BCUT2D eigenvalue weighted by Gasteiger charge is 2.64. The van der Waals surface area contributed by atoms with Crippen molar-refractivity contribution >= 4 is 46.2 Å². The molecule has 5 atom stereocenters. The molecule has 1 saturated heterocycles. The standard InChI is InChI=1S/C36H41ClN4O6/c1-40(18-23-6-2-4-8-27(23)37)32(44)29(11-24-17-38-28-9-5-3-7-26(24)28)39-31(43)30-12-25(42)19-41(30)33(45)35-13-21-10-22(14-35)16-36(15-21,20-35)34(46)47/h2-9,17,21-22,25,29-30,38,42H,10-16,18-20H2,1H3,(H,39,43)(H,46,47). The molecule has 4 N–H and O–H groups in total. The lowest BCUT2D eigenvalue weighted by Gasteiger charge is -2.60. The fourth-order valence-corrected chi connectivity index (χ4v) is 9.76. The number of aromatic amines is 1. The lowest BCUT2D eigenvalue weighted by atomic mass is 9.44. The summed E-state index contributed by atoms with van der Waals surface area (Å²) in [7, 11) is 1.67. The summed E-state index contributed by atoms with van der Waals surface area (Å²) in [5.74, 6) is -1.55. The fourth-order valence-electron chi connectivity index (χ4n) is 9.57. The molecule has 0 spiro atoms. The number of fused-ring (bicyclic) bond motifs is 1. The van der Waals surface area contributed by atoms with E-state index in [1.165, 1.54) is 9.80 Å². The van der Waals surface area contributed by atoms with E-state index in [9.17, 15) is 29.4 Å². The molecule has 1 aromatic heterocycles. The van der Waals surface area contributed by atoms with Crippen molar-refractivity contribution in [3.63, 3.8) is 0 Å². The number of aliphatic hydroxyl groups excluding tert-OH is 1. The molecule has 1 aliphatic heterocycles. The zero-order valence-electron chi connectivity index (χ0n) is 26.5. The Balaban J connectivity index is 1.14. The number of rotatable bonds is 9. The normalized spacial score (nSPS) is 30.0. The summed E-state index contributed by atoms with van der Waals surface area (Å²) in [5.41, 5.74) is 0.790. The van der Waals surface area contributed by atoms with Crippen molar-refractivity contribution in [2.75, 3.05) is 13.6 Å². The van der Waals surface area contributed by atoms with Crippen LogP contribution >= 0.6 is 11.6 Å². The molecule has 2 aromatic carbocycles. The molecular formula is C36H41ClN4O6. The van der Waals surface area contributed by atoms with Crippen molar-refractivity contribution in [1.29, 1.82) is 0 Å². The SMILES string of the molecule is CN(Cc1ccccc1Cl)C(=O)C(Cc1c[nH]c2ccccc12)NC(=O)C1CC(O)CN1C(=O)C12CC3CC(CC(C(=O)O)(C3)C1)C2. The third-order valence-electron chi connectivity index (χ3n) is 11.3. The van der Waals surface area contributed by atoms with Gasteiger partial charge >= 0.3 is 5.97 Å². The summed E-state index contributed by atoms with van der Waals surface area (Å²) in [4.78, 5) is 61.4. The smallest absolute Gasteiger partial charge is 0.309 e. The molecule has 248 valence electrons. The van der Waals surface area contributed by atoms with Crippen LogP contribution < -0.4 is 5.32 Å². The number of nitrogens with zero attached hydrogens (tertiary/aromatic N) is 2. The molecule has 4 bridgehead atoms. The highest BCUT2D eigenvalue weighted by Crippen LogP contribution is 2.66. The first-order valence-corrected chi connectivity index (χ1v) is 16.9. The zero-order valence-corrected chi connectivity index (χ0v) is 27.2. The fraction of sp³-hybridized carbons (Fsp3) is 0.500. The third kappa shape index (κ3) is 5.69. The molecule has 8 rings (SSSR count). The van der Waals surface area contributed by atoms with Gasteiger partial charge in [0, 0.05) is 55.1 Å². The Kier molecular flexibility index (Phi) is 8.07. The highest BCUT2D eigenvalue weighted by atomic mass is 35.5. The van der Waals surface area contributed by atoms with E-state index >= 15 is 0 Å². The van der Waals surface area contributed by atoms with Crippen LogP contribution in [0.4, 0.5) is 0 Å². The van der Waals surface area contributed by atoms with E-state index < -0.39 is 40.9 Å². The first kappa shape index (κ1) is 31.7. The van der Waals surface area contributed by atoms with Gasteiger partial charge in [-0.2, -0.15) is 0 Å². The second-order valence-corrected chi connectivity index (χ2v) is 15.0. The Morgan fingerprint density at radius 3 is 2.40 bits per heavy atom. The molecule has 10 nitrogen and oxygen atoms in total. The number of aliphatic carboxylic acids is 1. The molecule has 2 heterocycles. The monoisotopic (exact) mass is 660 g/mol. The average Bonchev–Trinajstić information content (AvgIpc) is 3.63. The molecule has 3 amide bonds. The zero-order chi connectivity index (χ0) is 33.1. The van der Waals surface area contributed by atoms with Crippen molar-refractivity contribution in [3.05, 3.63) is 70.9 Å². The Bertz CT molecular complexity index is 1720. The van der Waals surface area contributed by atoms with Gasteiger partial charge in [0.2, 0.25) is 17.7 Å². The van der Waals surface area contributed by atoms with Crippen molar-refractivity contribution < 1.29 is 29.4 Å². The summed E-state index contributed by atoms with van der Waals surface area (Å²) in [6, 6.07) is 13.1. The van der Waals surface area contributed by atoms with Gasteiger partial charge in [-0.1, -0.05) is 48.0 Å². The van der Waals surface area contributed by atoms with Gasteiger partial charge in [-0.15, -0.1) is 0 Å². The van der Waals surface area contributed by atoms with E-state index in [0.717, 1.165) is 28.5 Å². The second kappa shape index (κ2) is 12.0. The van der Waals surface area contributed by atoms with Gasteiger partial charge in [0.15, 0.2) is 0 Å². The molecule has 0 radical (unpaired) electrons. The number of likely N-dealkylation sites (N-methyl/N-ethyl adjacent to an activating group) is 1. The number of likely N-dealkylation sites (tertiary alicyclic amines) is 1. The summed E-state index contributed by atoms with van der Waals surface area (Å²) in [5, 5.41) is 25.4. The van der Waals surface area contributed by atoms with Gasteiger partial charge < -0.3 is 30.3 Å². The number of aromatic nitrogens is 1. The molecule has 4 aliphatic carbocycles. The number of β-amino-alcohol motifs (C(OH)–C–C–N with tert-alkyl or cyclic N) is 1. The van der Waals surface area contributed by atoms with Crippen molar-refractivity contribution in [3.8, 4) is 0 Å². The number of aliphatic hydroxyl groups is 1. The predicted octanol–water partition coefficient (Wildman–Crippen LogP) is 4.14. The van der Waals surface area contributed by atoms with E-state index in [4.69, 9.17) is 11.6 Å². The second-order valence-electron chi connectivity index (χ2n) is 14.6. The van der Waals surface area contributed by atoms with E-state index in [1.54, 1.807) is 13.1 Å². The quantitative estimate of drug-likeness (QED) is 0.272. The minimum Gasteiger partial charge on any atom is -0.481 e. The lowest BCUT2D eigenvalue weighted by molar-refractivity contribution is -0.184. The van der Waals surface area contributed by atoms with Crippen LogP contribution in [0.15, 0.2) is 54.7 Å². The van der Waals surface area contributed by atoms with Gasteiger partial charge in [-0.3, -0.25) is 19.2 Å². The van der Waals surface area contributed by atoms with E-state index in [-0.39, 0.29) is 56.0 Å². The summed E-state index contributed by atoms with van der Waals surface area (Å²) >= 11 is 6.40. The van der Waals surface area contributed by atoms with Crippen LogP contribution in [0.2, 0.25) is 5.02 Å². The van der Waals surface area contributed by atoms with Crippen LogP contribution in [0.5, 0.6) is 0 Å². The van der Waals surface area contributed by atoms with Gasteiger partial charge in [-0.05, 0) is 73.6 Å². The summed E-state index contributed by atoms with van der Waals surface area (Å²) in [6.07, 6.45) is 4.84. The Morgan fingerprint density at radius 1 is 1.00 bits per heavy atom. The molecule has 47 heavy (non-hydrogen) atoms. The lowest BCUT2D eigenvalue weighted by Crippen LogP contribution is -2.62. The molecule has 3 aromatic rings. The number of amides is 3.